The lowest BCUT2D eigenvalue weighted by Crippen LogP contribution is -2.48. The number of hydrogen-bond acceptors (Lipinski definition) is 6. The van der Waals surface area contributed by atoms with E-state index >= 15 is 0 Å². The minimum Gasteiger partial charge on any atom is -0.497 e. The van der Waals surface area contributed by atoms with E-state index in [0.717, 1.165) is 17.0 Å². The van der Waals surface area contributed by atoms with Gasteiger partial charge in [-0.15, -0.1) is 0 Å². The zero-order valence-electron chi connectivity index (χ0n) is 14.9. The van der Waals surface area contributed by atoms with Crippen molar-refractivity contribution in [3.63, 3.8) is 0 Å². The molecule has 27 heavy (non-hydrogen) atoms. The topological polar surface area (TPSA) is 88.8 Å². The normalized spacial score (nSPS) is 14.4. The molecule has 0 atom stereocenters. The van der Waals surface area contributed by atoms with Crippen LogP contribution < -0.4 is 9.64 Å². The molecule has 2 heterocycles. The van der Waals surface area contributed by atoms with E-state index in [1.807, 2.05) is 24.3 Å². The van der Waals surface area contributed by atoms with Crippen molar-refractivity contribution in [1.29, 1.82) is 0 Å². The van der Waals surface area contributed by atoms with E-state index in [4.69, 9.17) is 4.74 Å². The van der Waals surface area contributed by atoms with Crippen LogP contribution in [0.3, 0.4) is 0 Å². The van der Waals surface area contributed by atoms with Gasteiger partial charge in [0.15, 0.2) is 6.20 Å². The van der Waals surface area contributed by atoms with Gasteiger partial charge < -0.3 is 24.7 Å². The predicted molar refractivity (Wildman–Crippen MR) is 102 cm³/mol. The largest absolute Gasteiger partial charge is 0.497 e. The highest BCUT2D eigenvalue weighted by Crippen LogP contribution is 2.18. The van der Waals surface area contributed by atoms with E-state index in [-0.39, 0.29) is 11.7 Å². The number of rotatable bonds is 5. The second-order valence-corrected chi connectivity index (χ2v) is 6.05. The number of aromatic nitrogens is 1. The lowest BCUT2D eigenvalue weighted by molar-refractivity contribution is -0.389. The summed E-state index contributed by atoms with van der Waals surface area (Å²) in [5.41, 5.74) is 1.72. The maximum atomic E-state index is 12.4. The highest BCUT2D eigenvalue weighted by molar-refractivity contribution is 5.92. The molecule has 1 fully saturated rings. The van der Waals surface area contributed by atoms with Crippen molar-refractivity contribution in [2.75, 3.05) is 38.2 Å². The Morgan fingerprint density at radius 3 is 2.63 bits per heavy atom. The summed E-state index contributed by atoms with van der Waals surface area (Å²) in [6, 6.07) is 10.6. The molecule has 0 saturated carbocycles. The number of amides is 1. The molecular formula is C19H20N4O4. The molecule has 1 aromatic heterocycles. The zero-order chi connectivity index (χ0) is 19.2. The SMILES string of the molecule is COc1cccc(/C=C/C(=O)N2CCN(c3ccc([N+](=O)[O-])nc3)CC2)c1. The Morgan fingerprint density at radius 1 is 1.22 bits per heavy atom. The number of ether oxygens (including phenoxy) is 1. The quantitative estimate of drug-likeness (QED) is 0.457. The van der Waals surface area contributed by atoms with Gasteiger partial charge in [0, 0.05) is 38.3 Å². The molecule has 1 amide bonds. The standard InChI is InChI=1S/C19H20N4O4/c1-27-17-4-2-3-15(13-17)5-8-19(24)22-11-9-21(10-12-22)16-6-7-18(20-14-16)23(25)26/h2-8,13-14H,9-12H2,1H3/b8-5+. The lowest BCUT2D eigenvalue weighted by Gasteiger charge is -2.35. The fraction of sp³-hybridized carbons (Fsp3) is 0.263. The van der Waals surface area contributed by atoms with Crippen LogP contribution in [-0.2, 0) is 4.79 Å². The first-order valence-corrected chi connectivity index (χ1v) is 8.53. The number of benzene rings is 1. The Morgan fingerprint density at radius 2 is 2.00 bits per heavy atom. The number of nitro groups is 1. The van der Waals surface area contributed by atoms with Crippen LogP contribution in [0.1, 0.15) is 5.56 Å². The molecule has 1 saturated heterocycles. The van der Waals surface area contributed by atoms with Gasteiger partial charge in [-0.3, -0.25) is 4.79 Å². The van der Waals surface area contributed by atoms with Crippen LogP contribution in [-0.4, -0.2) is 54.0 Å². The minimum absolute atomic E-state index is 0.0423. The van der Waals surface area contributed by atoms with Gasteiger partial charge in [-0.2, -0.15) is 0 Å². The fourth-order valence-electron chi connectivity index (χ4n) is 2.88. The summed E-state index contributed by atoms with van der Waals surface area (Å²) in [6.45, 7) is 2.47. The molecule has 0 spiro atoms. The molecule has 1 aliphatic heterocycles. The number of carbonyl (C=O) groups excluding carboxylic acids is 1. The third-order valence-corrected chi connectivity index (χ3v) is 4.39. The van der Waals surface area contributed by atoms with Crippen LogP contribution in [0.2, 0.25) is 0 Å². The first-order valence-electron chi connectivity index (χ1n) is 8.53. The van der Waals surface area contributed by atoms with Crippen molar-refractivity contribution in [2.45, 2.75) is 0 Å². The summed E-state index contributed by atoms with van der Waals surface area (Å²) in [4.78, 5) is 30.2. The maximum absolute atomic E-state index is 12.4. The van der Waals surface area contributed by atoms with Crippen LogP contribution in [0.5, 0.6) is 5.75 Å². The van der Waals surface area contributed by atoms with Crippen molar-refractivity contribution in [3.05, 3.63) is 64.3 Å². The van der Waals surface area contributed by atoms with Crippen molar-refractivity contribution in [1.82, 2.24) is 9.88 Å². The summed E-state index contributed by atoms with van der Waals surface area (Å²) in [6.07, 6.45) is 4.84. The lowest BCUT2D eigenvalue weighted by atomic mass is 10.2. The number of piperazine rings is 1. The first kappa shape index (κ1) is 18.4. The Kier molecular flexibility index (Phi) is 5.65. The number of hydrogen-bond donors (Lipinski definition) is 0. The minimum atomic E-state index is -0.519. The van der Waals surface area contributed by atoms with Gasteiger partial charge >= 0.3 is 5.82 Å². The van der Waals surface area contributed by atoms with Crippen LogP contribution >= 0.6 is 0 Å². The monoisotopic (exact) mass is 368 g/mol. The van der Waals surface area contributed by atoms with Crippen molar-refractivity contribution in [2.24, 2.45) is 0 Å². The highest BCUT2D eigenvalue weighted by Gasteiger charge is 2.21. The van der Waals surface area contributed by atoms with Gasteiger partial charge in [0.1, 0.15) is 5.75 Å². The molecule has 0 unspecified atom stereocenters. The third kappa shape index (κ3) is 4.60. The molecule has 0 aliphatic carbocycles. The van der Waals surface area contributed by atoms with Crippen LogP contribution in [0, 0.1) is 10.1 Å². The van der Waals surface area contributed by atoms with Gasteiger partial charge in [0.05, 0.1) is 12.8 Å². The number of nitrogens with zero attached hydrogens (tertiary/aromatic N) is 4. The molecule has 8 heteroatoms. The molecule has 8 nitrogen and oxygen atoms in total. The molecule has 2 aromatic rings. The zero-order valence-corrected chi connectivity index (χ0v) is 14.9. The maximum Gasteiger partial charge on any atom is 0.363 e. The van der Waals surface area contributed by atoms with E-state index in [9.17, 15) is 14.9 Å². The van der Waals surface area contributed by atoms with Crippen LogP contribution in [0.15, 0.2) is 48.7 Å². The highest BCUT2D eigenvalue weighted by atomic mass is 16.6. The molecule has 0 radical (unpaired) electrons. The third-order valence-electron chi connectivity index (χ3n) is 4.39. The van der Waals surface area contributed by atoms with Crippen LogP contribution in [0.25, 0.3) is 6.08 Å². The van der Waals surface area contributed by atoms with Gasteiger partial charge in [-0.25, -0.2) is 0 Å². The Labute approximate surface area is 156 Å². The summed E-state index contributed by atoms with van der Waals surface area (Å²) in [5, 5.41) is 10.7. The summed E-state index contributed by atoms with van der Waals surface area (Å²) >= 11 is 0. The molecule has 1 aliphatic rings. The second kappa shape index (κ2) is 8.31. The molecule has 0 bridgehead atoms. The number of carbonyl (C=O) groups is 1. The first-order chi connectivity index (χ1) is 13.1. The van der Waals surface area contributed by atoms with Gasteiger partial charge in [-0.1, -0.05) is 12.1 Å². The average Bonchev–Trinajstić information content (AvgIpc) is 2.72. The van der Waals surface area contributed by atoms with E-state index in [1.54, 1.807) is 30.2 Å². The molecular weight excluding hydrogens is 348 g/mol. The summed E-state index contributed by atoms with van der Waals surface area (Å²) < 4.78 is 5.18. The Balaban J connectivity index is 1.55. The number of methoxy groups -OCH3 is 1. The number of anilines is 1. The molecule has 1 aromatic carbocycles. The smallest absolute Gasteiger partial charge is 0.363 e. The summed E-state index contributed by atoms with van der Waals surface area (Å²) in [5.74, 6) is 0.532. The predicted octanol–water partition coefficient (Wildman–Crippen LogP) is 2.36. The fourth-order valence-corrected chi connectivity index (χ4v) is 2.88. The van der Waals surface area contributed by atoms with Crippen LogP contribution in [0.4, 0.5) is 11.5 Å². The van der Waals surface area contributed by atoms with E-state index in [0.29, 0.717) is 26.2 Å². The Bertz CT molecular complexity index is 843. The summed E-state index contributed by atoms with van der Waals surface area (Å²) in [7, 11) is 1.61. The second-order valence-electron chi connectivity index (χ2n) is 6.05. The average molecular weight is 368 g/mol. The van der Waals surface area contributed by atoms with E-state index in [1.165, 1.54) is 12.3 Å². The van der Waals surface area contributed by atoms with Crippen molar-refractivity contribution in [3.8, 4) is 5.75 Å². The Hall–Kier alpha value is -3.42. The van der Waals surface area contributed by atoms with E-state index < -0.39 is 4.92 Å². The van der Waals surface area contributed by atoms with Gasteiger partial charge in [-0.05, 0) is 39.7 Å². The molecule has 0 N–H and O–H groups in total. The van der Waals surface area contributed by atoms with Gasteiger partial charge in [0.25, 0.3) is 0 Å². The molecule has 3 rings (SSSR count). The van der Waals surface area contributed by atoms with E-state index in [2.05, 4.69) is 9.88 Å². The number of pyridine rings is 1. The van der Waals surface area contributed by atoms with Crippen molar-refractivity contribution < 1.29 is 14.5 Å². The molecule has 140 valence electrons. The van der Waals surface area contributed by atoms with Crippen molar-refractivity contribution >= 4 is 23.5 Å². The van der Waals surface area contributed by atoms with Gasteiger partial charge in [0.2, 0.25) is 5.91 Å².